The topological polar surface area (TPSA) is 9.23 Å². The molecule has 2 atom stereocenters. The molecule has 0 saturated heterocycles. The Balaban J connectivity index is 2.21. The largest absolute Gasteiger partial charge is 0.381 e. The van der Waals surface area contributed by atoms with Gasteiger partial charge in [-0.2, -0.15) is 0 Å². The van der Waals surface area contributed by atoms with E-state index in [1.807, 2.05) is 0 Å². The van der Waals surface area contributed by atoms with Crippen molar-refractivity contribution in [1.29, 1.82) is 0 Å². The summed E-state index contributed by atoms with van der Waals surface area (Å²) in [5, 5.41) is 0. The van der Waals surface area contributed by atoms with E-state index in [0.717, 1.165) is 24.0 Å². The smallest absolute Gasteiger partial charge is 0.0494 e. The molecule has 0 spiro atoms. The van der Waals surface area contributed by atoms with Crippen LogP contribution in [0, 0.1) is 5.92 Å². The van der Waals surface area contributed by atoms with Crippen LogP contribution < -0.4 is 0 Å². The average molecular weight is 235 g/mol. The molecule has 0 N–H and O–H groups in total. The maximum atomic E-state index is 5.46. The van der Waals surface area contributed by atoms with Gasteiger partial charge >= 0.3 is 0 Å². The fraction of sp³-hybridized carbons (Fsp3) is 1.00. The summed E-state index contributed by atoms with van der Waals surface area (Å²) < 4.78 is 5.46. The molecule has 0 bridgehead atoms. The summed E-state index contributed by atoms with van der Waals surface area (Å²) in [6.45, 7) is 3.91. The second-order valence-corrected chi connectivity index (χ2v) is 4.94. The van der Waals surface area contributed by atoms with Crippen LogP contribution in [0.3, 0.4) is 0 Å². The standard InChI is InChI=1S/C10H19BrO/c1-2-12-8-9-5-3-4-6-10(11)7-9/h9-10H,2-8H2,1H3. The van der Waals surface area contributed by atoms with E-state index in [1.165, 1.54) is 32.1 Å². The molecule has 1 nitrogen and oxygen atoms in total. The molecule has 0 aliphatic heterocycles. The van der Waals surface area contributed by atoms with Gasteiger partial charge in [0.25, 0.3) is 0 Å². The Hall–Kier alpha value is 0.440. The normalized spacial score (nSPS) is 31.5. The molecule has 72 valence electrons. The van der Waals surface area contributed by atoms with E-state index in [1.54, 1.807) is 0 Å². The van der Waals surface area contributed by atoms with Crippen molar-refractivity contribution in [2.75, 3.05) is 13.2 Å². The van der Waals surface area contributed by atoms with Crippen molar-refractivity contribution in [2.45, 2.75) is 43.9 Å². The van der Waals surface area contributed by atoms with Gasteiger partial charge in [0.2, 0.25) is 0 Å². The Kier molecular flexibility index (Phi) is 5.24. The van der Waals surface area contributed by atoms with Gasteiger partial charge in [-0.3, -0.25) is 0 Å². The van der Waals surface area contributed by atoms with Gasteiger partial charge < -0.3 is 4.74 Å². The summed E-state index contributed by atoms with van der Waals surface area (Å²) in [4.78, 5) is 0.741. The Morgan fingerprint density at radius 1 is 1.33 bits per heavy atom. The van der Waals surface area contributed by atoms with Crippen molar-refractivity contribution in [1.82, 2.24) is 0 Å². The highest BCUT2D eigenvalue weighted by Crippen LogP contribution is 2.27. The lowest BCUT2D eigenvalue weighted by Gasteiger charge is -2.15. The molecule has 1 aliphatic carbocycles. The van der Waals surface area contributed by atoms with Crippen molar-refractivity contribution < 1.29 is 4.74 Å². The molecule has 1 fully saturated rings. The summed E-state index contributed by atoms with van der Waals surface area (Å²) in [7, 11) is 0. The molecule has 0 amide bonds. The van der Waals surface area contributed by atoms with E-state index in [9.17, 15) is 0 Å². The van der Waals surface area contributed by atoms with Crippen molar-refractivity contribution in [3.8, 4) is 0 Å². The van der Waals surface area contributed by atoms with Crippen LogP contribution in [0.5, 0.6) is 0 Å². The third-order valence-electron chi connectivity index (χ3n) is 2.53. The van der Waals surface area contributed by atoms with Crippen molar-refractivity contribution >= 4 is 15.9 Å². The lowest BCUT2D eigenvalue weighted by molar-refractivity contribution is 0.105. The SMILES string of the molecule is CCOCC1CCCCC(Br)C1. The first-order valence-electron chi connectivity index (χ1n) is 5.04. The molecule has 1 rings (SSSR count). The second-order valence-electron chi connectivity index (χ2n) is 3.64. The minimum Gasteiger partial charge on any atom is -0.381 e. The van der Waals surface area contributed by atoms with Gasteiger partial charge in [0.05, 0.1) is 0 Å². The molecule has 0 aromatic rings. The van der Waals surface area contributed by atoms with Gasteiger partial charge in [0, 0.05) is 18.0 Å². The van der Waals surface area contributed by atoms with Crippen LogP contribution >= 0.6 is 15.9 Å². The number of hydrogen-bond donors (Lipinski definition) is 0. The summed E-state index contributed by atoms with van der Waals surface area (Å²) in [6, 6.07) is 0. The maximum Gasteiger partial charge on any atom is 0.0494 e. The summed E-state index contributed by atoms with van der Waals surface area (Å²) in [5.74, 6) is 0.803. The van der Waals surface area contributed by atoms with E-state index in [4.69, 9.17) is 4.74 Å². The molecular weight excluding hydrogens is 216 g/mol. The molecule has 0 aromatic carbocycles. The van der Waals surface area contributed by atoms with E-state index in [0.29, 0.717) is 0 Å². The molecule has 1 saturated carbocycles. The Labute approximate surface area is 84.0 Å². The fourth-order valence-electron chi connectivity index (χ4n) is 1.83. The van der Waals surface area contributed by atoms with Crippen LogP contribution in [-0.4, -0.2) is 18.0 Å². The van der Waals surface area contributed by atoms with Gasteiger partial charge in [-0.25, -0.2) is 0 Å². The molecule has 1 aliphatic rings. The number of ether oxygens (including phenoxy) is 1. The monoisotopic (exact) mass is 234 g/mol. The van der Waals surface area contributed by atoms with E-state index < -0.39 is 0 Å². The van der Waals surface area contributed by atoms with Crippen LogP contribution in [0.1, 0.15) is 39.0 Å². The lowest BCUT2D eigenvalue weighted by Crippen LogP contribution is -2.12. The van der Waals surface area contributed by atoms with Gasteiger partial charge in [-0.15, -0.1) is 0 Å². The summed E-state index contributed by atoms with van der Waals surface area (Å²) in [6.07, 6.45) is 6.79. The molecule has 2 unspecified atom stereocenters. The van der Waals surface area contributed by atoms with Crippen molar-refractivity contribution in [3.05, 3.63) is 0 Å². The van der Waals surface area contributed by atoms with Gasteiger partial charge in [0.1, 0.15) is 0 Å². The molecule has 0 heterocycles. The lowest BCUT2D eigenvalue weighted by atomic mass is 10.0. The van der Waals surface area contributed by atoms with Crippen LogP contribution in [-0.2, 0) is 4.74 Å². The minimum atomic E-state index is 0.741. The number of hydrogen-bond acceptors (Lipinski definition) is 1. The van der Waals surface area contributed by atoms with E-state index in [-0.39, 0.29) is 0 Å². The van der Waals surface area contributed by atoms with Gasteiger partial charge in [0.15, 0.2) is 0 Å². The fourth-order valence-corrected chi connectivity index (χ4v) is 2.68. The highest BCUT2D eigenvalue weighted by atomic mass is 79.9. The van der Waals surface area contributed by atoms with E-state index in [2.05, 4.69) is 22.9 Å². The summed E-state index contributed by atoms with van der Waals surface area (Å²) >= 11 is 3.72. The molecule has 12 heavy (non-hydrogen) atoms. The highest BCUT2D eigenvalue weighted by Gasteiger charge is 2.17. The van der Waals surface area contributed by atoms with Gasteiger partial charge in [-0.1, -0.05) is 28.8 Å². The van der Waals surface area contributed by atoms with E-state index >= 15 is 0 Å². The molecule has 0 aromatic heterocycles. The zero-order chi connectivity index (χ0) is 8.81. The third kappa shape index (κ3) is 3.90. The Bertz CT molecular complexity index is 116. The van der Waals surface area contributed by atoms with Crippen LogP contribution in [0.15, 0.2) is 0 Å². The zero-order valence-electron chi connectivity index (χ0n) is 7.89. The first-order chi connectivity index (χ1) is 5.83. The van der Waals surface area contributed by atoms with Gasteiger partial charge in [-0.05, 0) is 32.1 Å². The van der Waals surface area contributed by atoms with Crippen LogP contribution in [0.25, 0.3) is 0 Å². The quantitative estimate of drug-likeness (QED) is 0.538. The first kappa shape index (κ1) is 10.5. The van der Waals surface area contributed by atoms with Crippen LogP contribution in [0.4, 0.5) is 0 Å². The van der Waals surface area contributed by atoms with Crippen molar-refractivity contribution in [3.63, 3.8) is 0 Å². The molecular formula is C10H19BrO. The number of alkyl halides is 1. The number of rotatable bonds is 3. The second kappa shape index (κ2) is 5.98. The average Bonchev–Trinajstić information content (AvgIpc) is 2.26. The Morgan fingerprint density at radius 2 is 2.08 bits per heavy atom. The van der Waals surface area contributed by atoms with Crippen molar-refractivity contribution in [2.24, 2.45) is 5.92 Å². The molecule has 2 heteroatoms. The predicted octanol–water partition coefficient (Wildman–Crippen LogP) is 3.37. The predicted molar refractivity (Wildman–Crippen MR) is 55.8 cm³/mol. The highest BCUT2D eigenvalue weighted by molar-refractivity contribution is 9.09. The third-order valence-corrected chi connectivity index (χ3v) is 3.36. The zero-order valence-corrected chi connectivity index (χ0v) is 9.48. The first-order valence-corrected chi connectivity index (χ1v) is 5.96. The Morgan fingerprint density at radius 3 is 2.83 bits per heavy atom. The number of halogens is 1. The minimum absolute atomic E-state index is 0.741. The van der Waals surface area contributed by atoms with Crippen LogP contribution in [0.2, 0.25) is 0 Å². The molecule has 0 radical (unpaired) electrons. The maximum absolute atomic E-state index is 5.46. The summed E-state index contributed by atoms with van der Waals surface area (Å²) in [5.41, 5.74) is 0.